The molecule has 1 rings (SSSR count). The molecule has 0 atom stereocenters. The summed E-state index contributed by atoms with van der Waals surface area (Å²) in [6.45, 7) is 14.6. The van der Waals surface area contributed by atoms with Crippen LogP contribution in [0.3, 0.4) is 0 Å². The highest BCUT2D eigenvalue weighted by Gasteiger charge is 2.26. The average Bonchev–Trinajstić information content (AvgIpc) is 2.45. The summed E-state index contributed by atoms with van der Waals surface area (Å²) in [4.78, 5) is 12.1. The zero-order valence-corrected chi connectivity index (χ0v) is 15.2. The smallest absolute Gasteiger partial charge is 0.407 e. The van der Waals surface area contributed by atoms with E-state index >= 15 is 0 Å². The summed E-state index contributed by atoms with van der Waals surface area (Å²) in [5.74, 6) is 0. The van der Waals surface area contributed by atoms with Crippen LogP contribution in [0.1, 0.15) is 45.7 Å². The van der Waals surface area contributed by atoms with E-state index in [1.165, 1.54) is 0 Å². The molecule has 4 nitrogen and oxygen atoms in total. The van der Waals surface area contributed by atoms with Crippen molar-refractivity contribution in [3.8, 4) is 0 Å². The Bertz CT molecular complexity index is 561. The number of ether oxygens (including phenoxy) is 2. The van der Waals surface area contributed by atoms with E-state index in [2.05, 4.69) is 11.9 Å². The van der Waals surface area contributed by atoms with Crippen molar-refractivity contribution < 1.29 is 14.3 Å². The average molecular weight is 319 g/mol. The van der Waals surface area contributed by atoms with Gasteiger partial charge in [0.25, 0.3) is 0 Å². The van der Waals surface area contributed by atoms with Crippen molar-refractivity contribution in [3.63, 3.8) is 0 Å². The van der Waals surface area contributed by atoms with Crippen LogP contribution in [0.5, 0.6) is 0 Å². The summed E-state index contributed by atoms with van der Waals surface area (Å²) in [7, 11) is 1.64. The van der Waals surface area contributed by atoms with Crippen molar-refractivity contribution >= 4 is 11.7 Å². The van der Waals surface area contributed by atoms with Crippen molar-refractivity contribution in [1.82, 2.24) is 5.32 Å². The summed E-state index contributed by atoms with van der Waals surface area (Å²) >= 11 is 0. The van der Waals surface area contributed by atoms with Crippen LogP contribution in [-0.4, -0.2) is 26.4 Å². The highest BCUT2D eigenvalue weighted by molar-refractivity contribution is 5.69. The van der Waals surface area contributed by atoms with Crippen LogP contribution in [0.25, 0.3) is 5.57 Å². The topological polar surface area (TPSA) is 47.6 Å². The third kappa shape index (κ3) is 6.06. The molecule has 128 valence electrons. The van der Waals surface area contributed by atoms with Crippen LogP contribution in [0.2, 0.25) is 0 Å². The lowest BCUT2D eigenvalue weighted by Gasteiger charge is -2.29. The van der Waals surface area contributed by atoms with Gasteiger partial charge in [0.15, 0.2) is 0 Å². The Morgan fingerprint density at radius 3 is 2.43 bits per heavy atom. The molecule has 0 aromatic heterocycles. The minimum atomic E-state index is -0.534. The number of alkyl carbamates (subject to hydrolysis) is 1. The van der Waals surface area contributed by atoms with Gasteiger partial charge in [-0.15, -0.1) is 0 Å². The second-order valence-electron chi connectivity index (χ2n) is 7.28. The molecule has 0 heterocycles. The molecule has 0 saturated carbocycles. The number of methoxy groups -OCH3 is 1. The lowest BCUT2D eigenvalue weighted by Crippen LogP contribution is -2.42. The Morgan fingerprint density at radius 2 is 1.87 bits per heavy atom. The Hall–Kier alpha value is -1.81. The number of amides is 1. The minimum Gasteiger partial charge on any atom is -0.449 e. The van der Waals surface area contributed by atoms with Crippen molar-refractivity contribution in [1.29, 1.82) is 0 Å². The van der Waals surface area contributed by atoms with Gasteiger partial charge < -0.3 is 14.8 Å². The van der Waals surface area contributed by atoms with Crippen LogP contribution in [0, 0.1) is 5.41 Å². The lowest BCUT2D eigenvalue weighted by molar-refractivity contribution is 0.0381. The van der Waals surface area contributed by atoms with E-state index in [-0.39, 0.29) is 5.41 Å². The number of carbonyl (C=O) groups excluding carboxylic acids is 1. The van der Waals surface area contributed by atoms with Gasteiger partial charge in [0, 0.05) is 12.5 Å². The molecule has 0 saturated heterocycles. The molecule has 0 bridgehead atoms. The maximum atomic E-state index is 12.1. The monoisotopic (exact) mass is 319 g/mol. The number of rotatable bonds is 7. The van der Waals surface area contributed by atoms with Gasteiger partial charge in [-0.1, -0.05) is 44.2 Å². The van der Waals surface area contributed by atoms with Gasteiger partial charge in [0.2, 0.25) is 0 Å². The van der Waals surface area contributed by atoms with E-state index in [4.69, 9.17) is 9.47 Å². The van der Waals surface area contributed by atoms with E-state index in [1.807, 2.05) is 58.9 Å². The summed E-state index contributed by atoms with van der Waals surface area (Å²) in [5.41, 5.74) is 2.31. The van der Waals surface area contributed by atoms with E-state index in [0.29, 0.717) is 13.2 Å². The molecule has 0 aliphatic rings. The van der Waals surface area contributed by atoms with Gasteiger partial charge >= 0.3 is 6.09 Å². The van der Waals surface area contributed by atoms with Gasteiger partial charge in [-0.05, 0) is 38.0 Å². The maximum absolute atomic E-state index is 12.1. The first-order chi connectivity index (χ1) is 10.6. The summed E-state index contributed by atoms with van der Waals surface area (Å²) < 4.78 is 10.5. The Morgan fingerprint density at radius 1 is 1.22 bits per heavy atom. The first-order valence-corrected chi connectivity index (χ1v) is 7.78. The molecular weight excluding hydrogens is 290 g/mol. The number of benzene rings is 1. The van der Waals surface area contributed by atoms with Gasteiger partial charge in [-0.25, -0.2) is 4.79 Å². The van der Waals surface area contributed by atoms with Crippen LogP contribution >= 0.6 is 0 Å². The molecule has 0 unspecified atom stereocenters. The minimum absolute atomic E-state index is 0.212. The van der Waals surface area contributed by atoms with Crippen LogP contribution < -0.4 is 5.32 Å². The summed E-state index contributed by atoms with van der Waals surface area (Å²) in [6.07, 6.45) is -0.431. The normalized spacial score (nSPS) is 11.9. The van der Waals surface area contributed by atoms with E-state index < -0.39 is 11.6 Å². The van der Waals surface area contributed by atoms with Crippen molar-refractivity contribution in [2.75, 3.05) is 20.3 Å². The van der Waals surface area contributed by atoms with E-state index in [9.17, 15) is 4.79 Å². The fourth-order valence-corrected chi connectivity index (χ4v) is 2.23. The molecule has 1 aromatic carbocycles. The Labute approximate surface area is 139 Å². The molecule has 0 spiro atoms. The zero-order chi connectivity index (χ0) is 17.7. The van der Waals surface area contributed by atoms with Crippen molar-refractivity contribution in [2.45, 2.75) is 40.2 Å². The highest BCUT2D eigenvalue weighted by Crippen LogP contribution is 2.24. The van der Waals surface area contributed by atoms with Gasteiger partial charge in [-0.3, -0.25) is 0 Å². The fraction of sp³-hybridized carbons (Fsp3) is 0.526. The van der Waals surface area contributed by atoms with Gasteiger partial charge in [0.1, 0.15) is 6.61 Å². The molecule has 0 fully saturated rings. The SMILES string of the molecule is C=C(C)c1cccc(C(C)(C)NC(=O)OCC(C)(C)COC)c1. The van der Waals surface area contributed by atoms with Crippen molar-refractivity contribution in [3.05, 3.63) is 42.0 Å². The van der Waals surface area contributed by atoms with Gasteiger partial charge in [-0.2, -0.15) is 0 Å². The molecule has 0 aliphatic carbocycles. The van der Waals surface area contributed by atoms with E-state index in [0.717, 1.165) is 16.7 Å². The first kappa shape index (κ1) is 19.2. The number of allylic oxidation sites excluding steroid dienone is 1. The lowest BCUT2D eigenvalue weighted by atomic mass is 9.92. The second kappa shape index (κ2) is 7.64. The number of hydrogen-bond donors (Lipinski definition) is 1. The zero-order valence-electron chi connectivity index (χ0n) is 15.2. The molecular formula is C19H29NO3. The van der Waals surface area contributed by atoms with Crippen LogP contribution in [0.15, 0.2) is 30.8 Å². The molecule has 1 N–H and O–H groups in total. The Balaban J connectivity index is 2.72. The summed E-state index contributed by atoms with van der Waals surface area (Å²) in [5, 5.41) is 2.92. The second-order valence-corrected chi connectivity index (χ2v) is 7.28. The third-order valence-electron chi connectivity index (χ3n) is 3.62. The first-order valence-electron chi connectivity index (χ1n) is 7.78. The van der Waals surface area contributed by atoms with Crippen LogP contribution in [0.4, 0.5) is 4.79 Å². The predicted octanol–water partition coefficient (Wildman–Crippen LogP) is 4.35. The Kier molecular flexibility index (Phi) is 6.39. The predicted molar refractivity (Wildman–Crippen MR) is 94.3 cm³/mol. The van der Waals surface area contributed by atoms with Crippen molar-refractivity contribution in [2.24, 2.45) is 5.41 Å². The van der Waals surface area contributed by atoms with Gasteiger partial charge in [0.05, 0.1) is 12.1 Å². The van der Waals surface area contributed by atoms with E-state index in [1.54, 1.807) is 7.11 Å². The molecule has 23 heavy (non-hydrogen) atoms. The number of nitrogens with one attached hydrogen (secondary N) is 1. The summed E-state index contributed by atoms with van der Waals surface area (Å²) in [6, 6.07) is 8.00. The molecule has 4 heteroatoms. The fourth-order valence-electron chi connectivity index (χ4n) is 2.23. The molecule has 1 aromatic rings. The molecule has 1 amide bonds. The van der Waals surface area contributed by atoms with Crippen LogP contribution in [-0.2, 0) is 15.0 Å². The standard InChI is InChI=1S/C19H29NO3/c1-14(2)15-9-8-10-16(11-15)19(5,6)20-17(21)23-13-18(3,4)12-22-7/h8-11H,1,12-13H2,2-7H3,(H,20,21). The molecule has 0 aliphatic heterocycles. The quantitative estimate of drug-likeness (QED) is 0.812. The number of hydrogen-bond acceptors (Lipinski definition) is 3. The molecule has 0 radical (unpaired) electrons. The highest BCUT2D eigenvalue weighted by atomic mass is 16.6. The maximum Gasteiger partial charge on any atom is 0.407 e. The number of carbonyl (C=O) groups is 1. The third-order valence-corrected chi connectivity index (χ3v) is 3.62. The largest absolute Gasteiger partial charge is 0.449 e.